The molecule has 1 aromatic carbocycles. The minimum atomic E-state index is -3.70. The van der Waals surface area contributed by atoms with Crippen LogP contribution >= 0.6 is 11.6 Å². The van der Waals surface area contributed by atoms with Gasteiger partial charge in [0.05, 0.1) is 24.9 Å². The van der Waals surface area contributed by atoms with Crippen LogP contribution in [0.15, 0.2) is 29.2 Å². The molecule has 0 saturated carbocycles. The van der Waals surface area contributed by atoms with Gasteiger partial charge in [0.25, 0.3) is 0 Å². The highest BCUT2D eigenvalue weighted by Gasteiger charge is 2.36. The molecule has 2 saturated heterocycles. The number of morpholine rings is 1. The highest BCUT2D eigenvalue weighted by Crippen LogP contribution is 2.26. The Kier molecular flexibility index (Phi) is 4.77. The molecule has 0 radical (unpaired) electrons. The van der Waals surface area contributed by atoms with Crippen molar-refractivity contribution in [2.75, 3.05) is 46.1 Å². The van der Waals surface area contributed by atoms with Gasteiger partial charge in [-0.05, 0) is 12.1 Å². The first-order valence-corrected chi connectivity index (χ1v) is 9.18. The van der Waals surface area contributed by atoms with Crippen molar-refractivity contribution in [1.29, 1.82) is 0 Å². The molecule has 0 bridgehead atoms. The maximum atomic E-state index is 12.7. The molecule has 2 amide bonds. The Morgan fingerprint density at radius 2 is 1.74 bits per heavy atom. The van der Waals surface area contributed by atoms with Crippen LogP contribution in [0.4, 0.5) is 4.79 Å². The highest BCUT2D eigenvalue weighted by atomic mass is 35.5. The van der Waals surface area contributed by atoms with Crippen molar-refractivity contribution < 1.29 is 17.9 Å². The first-order chi connectivity index (χ1) is 11.0. The predicted octanol–water partition coefficient (Wildman–Crippen LogP) is 1.06. The summed E-state index contributed by atoms with van der Waals surface area (Å²) in [6, 6.07) is 6.18. The number of hydrogen-bond acceptors (Lipinski definition) is 4. The Morgan fingerprint density at radius 1 is 1.04 bits per heavy atom. The number of carbonyl (C=O) groups excluding carboxylic acids is 1. The number of rotatable bonds is 2. The van der Waals surface area contributed by atoms with Gasteiger partial charge >= 0.3 is 6.03 Å². The standard InChI is InChI=1S/C14H18ClN3O4S/c15-12-3-1-2-4-13(12)23(20,21)18-6-5-17(11-18)14(19)16-7-9-22-10-8-16/h1-4H,5-11H2. The van der Waals surface area contributed by atoms with E-state index in [9.17, 15) is 13.2 Å². The number of benzene rings is 1. The Bertz CT molecular complexity index is 691. The second-order valence-electron chi connectivity index (χ2n) is 5.40. The molecule has 0 N–H and O–H groups in total. The summed E-state index contributed by atoms with van der Waals surface area (Å²) in [4.78, 5) is 15.7. The molecular formula is C14H18ClN3O4S. The van der Waals surface area contributed by atoms with E-state index in [1.165, 1.54) is 10.4 Å². The summed E-state index contributed by atoms with van der Waals surface area (Å²) in [6.07, 6.45) is 0. The minimum absolute atomic E-state index is 0.0454. The number of amides is 2. The van der Waals surface area contributed by atoms with Crippen molar-refractivity contribution in [2.45, 2.75) is 4.90 Å². The fourth-order valence-electron chi connectivity index (χ4n) is 2.66. The topological polar surface area (TPSA) is 70.2 Å². The summed E-state index contributed by atoms with van der Waals surface area (Å²) in [5.41, 5.74) is 0. The van der Waals surface area contributed by atoms with E-state index in [-0.39, 0.29) is 29.2 Å². The summed E-state index contributed by atoms with van der Waals surface area (Å²) >= 11 is 6.00. The Morgan fingerprint density at radius 3 is 2.43 bits per heavy atom. The molecule has 23 heavy (non-hydrogen) atoms. The zero-order chi connectivity index (χ0) is 16.4. The van der Waals surface area contributed by atoms with Crippen molar-refractivity contribution in [2.24, 2.45) is 0 Å². The number of urea groups is 1. The largest absolute Gasteiger partial charge is 0.378 e. The van der Waals surface area contributed by atoms with Crippen molar-refractivity contribution in [3.8, 4) is 0 Å². The average molecular weight is 360 g/mol. The molecule has 126 valence electrons. The molecule has 0 spiro atoms. The van der Waals surface area contributed by atoms with Crippen LogP contribution in [0.2, 0.25) is 5.02 Å². The summed E-state index contributed by atoms with van der Waals surface area (Å²) in [7, 11) is -3.70. The van der Waals surface area contributed by atoms with E-state index in [2.05, 4.69) is 0 Å². The number of carbonyl (C=O) groups is 1. The van der Waals surface area contributed by atoms with E-state index < -0.39 is 10.0 Å². The monoisotopic (exact) mass is 359 g/mol. The van der Waals surface area contributed by atoms with E-state index in [1.807, 2.05) is 0 Å². The SMILES string of the molecule is O=C(N1CCOCC1)N1CCN(S(=O)(=O)c2ccccc2Cl)C1. The van der Waals surface area contributed by atoms with Crippen LogP contribution in [0.25, 0.3) is 0 Å². The van der Waals surface area contributed by atoms with E-state index in [4.69, 9.17) is 16.3 Å². The van der Waals surface area contributed by atoms with E-state index in [1.54, 1.807) is 28.0 Å². The first-order valence-electron chi connectivity index (χ1n) is 7.36. The van der Waals surface area contributed by atoms with Gasteiger partial charge in [-0.2, -0.15) is 4.31 Å². The van der Waals surface area contributed by atoms with Crippen LogP contribution in [0, 0.1) is 0 Å². The number of hydrogen-bond donors (Lipinski definition) is 0. The van der Waals surface area contributed by atoms with Gasteiger partial charge in [-0.1, -0.05) is 23.7 Å². The van der Waals surface area contributed by atoms with Crippen LogP contribution in [-0.2, 0) is 14.8 Å². The zero-order valence-electron chi connectivity index (χ0n) is 12.5. The second kappa shape index (κ2) is 6.64. The molecule has 0 aliphatic carbocycles. The third kappa shape index (κ3) is 3.30. The fraction of sp³-hybridized carbons (Fsp3) is 0.500. The normalized spacial score (nSPS) is 20.0. The molecule has 7 nitrogen and oxygen atoms in total. The summed E-state index contributed by atoms with van der Waals surface area (Å²) in [5.74, 6) is 0. The lowest BCUT2D eigenvalue weighted by molar-refractivity contribution is 0.0446. The second-order valence-corrected chi connectivity index (χ2v) is 7.71. The maximum Gasteiger partial charge on any atom is 0.321 e. The summed E-state index contributed by atoms with van der Waals surface area (Å²) in [5, 5.41) is 0.186. The summed E-state index contributed by atoms with van der Waals surface area (Å²) < 4.78 is 31.8. The lowest BCUT2D eigenvalue weighted by Crippen LogP contribution is -2.48. The first kappa shape index (κ1) is 16.5. The van der Waals surface area contributed by atoms with Gasteiger partial charge in [-0.3, -0.25) is 0 Å². The van der Waals surface area contributed by atoms with E-state index in [0.29, 0.717) is 32.8 Å². The van der Waals surface area contributed by atoms with Crippen molar-refractivity contribution in [3.63, 3.8) is 0 Å². The van der Waals surface area contributed by atoms with E-state index >= 15 is 0 Å². The van der Waals surface area contributed by atoms with Gasteiger partial charge in [0.15, 0.2) is 0 Å². The maximum absolute atomic E-state index is 12.7. The summed E-state index contributed by atoms with van der Waals surface area (Å²) in [6.45, 7) is 2.79. The van der Waals surface area contributed by atoms with Crippen LogP contribution in [-0.4, -0.2) is 74.6 Å². The molecule has 3 rings (SSSR count). The van der Waals surface area contributed by atoms with Crippen molar-refractivity contribution in [3.05, 3.63) is 29.3 Å². The third-order valence-electron chi connectivity index (χ3n) is 3.95. The molecule has 0 atom stereocenters. The van der Waals surface area contributed by atoms with Gasteiger partial charge in [-0.15, -0.1) is 0 Å². The molecule has 2 fully saturated rings. The molecule has 0 unspecified atom stereocenters. The van der Waals surface area contributed by atoms with Gasteiger partial charge in [0.2, 0.25) is 10.0 Å². The van der Waals surface area contributed by atoms with Gasteiger partial charge < -0.3 is 14.5 Å². The molecule has 2 aliphatic rings. The van der Waals surface area contributed by atoms with Gasteiger partial charge in [-0.25, -0.2) is 13.2 Å². The van der Waals surface area contributed by atoms with Gasteiger partial charge in [0, 0.05) is 26.2 Å². The Labute approximate surface area is 140 Å². The third-order valence-corrected chi connectivity index (χ3v) is 6.29. The lowest BCUT2D eigenvalue weighted by Gasteiger charge is -2.30. The fourth-order valence-corrected chi connectivity index (χ4v) is 4.55. The van der Waals surface area contributed by atoms with Crippen LogP contribution in [0.5, 0.6) is 0 Å². The predicted molar refractivity (Wildman–Crippen MR) is 84.7 cm³/mol. The molecule has 9 heteroatoms. The van der Waals surface area contributed by atoms with Crippen molar-refractivity contribution in [1.82, 2.24) is 14.1 Å². The van der Waals surface area contributed by atoms with Crippen LogP contribution in [0.3, 0.4) is 0 Å². The quantitative estimate of drug-likeness (QED) is 0.791. The van der Waals surface area contributed by atoms with Crippen LogP contribution < -0.4 is 0 Å². The Hall–Kier alpha value is -1.35. The lowest BCUT2D eigenvalue weighted by atomic mass is 10.4. The van der Waals surface area contributed by atoms with E-state index in [0.717, 1.165) is 0 Å². The number of halogens is 1. The molecule has 2 aliphatic heterocycles. The number of ether oxygens (including phenoxy) is 1. The zero-order valence-corrected chi connectivity index (χ0v) is 14.1. The molecule has 2 heterocycles. The number of sulfonamides is 1. The van der Waals surface area contributed by atoms with Gasteiger partial charge in [0.1, 0.15) is 4.90 Å². The van der Waals surface area contributed by atoms with Crippen molar-refractivity contribution >= 4 is 27.7 Å². The average Bonchev–Trinajstić information content (AvgIpc) is 3.06. The van der Waals surface area contributed by atoms with Crippen LogP contribution in [0.1, 0.15) is 0 Å². The highest BCUT2D eigenvalue weighted by molar-refractivity contribution is 7.89. The Balaban J connectivity index is 1.72. The minimum Gasteiger partial charge on any atom is -0.378 e. The molecule has 0 aromatic heterocycles. The molecular weight excluding hydrogens is 342 g/mol. The molecule has 1 aromatic rings. The smallest absolute Gasteiger partial charge is 0.321 e. The number of nitrogens with zero attached hydrogens (tertiary/aromatic N) is 3.